The summed E-state index contributed by atoms with van der Waals surface area (Å²) >= 11 is 1.66. The topological polar surface area (TPSA) is 37.4 Å². The van der Waals surface area contributed by atoms with E-state index in [0.717, 1.165) is 16.8 Å². The third-order valence-corrected chi connectivity index (χ3v) is 4.30. The summed E-state index contributed by atoms with van der Waals surface area (Å²) in [6, 6.07) is 7.58. The van der Waals surface area contributed by atoms with E-state index in [-0.39, 0.29) is 5.78 Å². The zero-order chi connectivity index (χ0) is 11.6. The first-order valence-electron chi connectivity index (χ1n) is 5.33. The Kier molecular flexibility index (Phi) is 1.52. The molecule has 2 aliphatic rings. The number of nitrogens with zero attached hydrogens (tertiary/aromatic N) is 1. The maximum atomic E-state index is 11.9. The van der Waals surface area contributed by atoms with E-state index in [1.165, 1.54) is 4.88 Å². The highest BCUT2D eigenvalue weighted by atomic mass is 32.1. The molecule has 0 bridgehead atoms. The van der Waals surface area contributed by atoms with Gasteiger partial charge in [-0.15, -0.1) is 11.3 Å². The Morgan fingerprint density at radius 1 is 1.12 bits per heavy atom. The van der Waals surface area contributed by atoms with Crippen molar-refractivity contribution in [2.45, 2.75) is 6.54 Å². The minimum absolute atomic E-state index is 0.378. The lowest BCUT2D eigenvalue weighted by Crippen LogP contribution is -2.30. The van der Waals surface area contributed by atoms with Crippen molar-refractivity contribution < 1.29 is 9.59 Å². The number of fused-ring (bicyclic) bond motifs is 2. The van der Waals surface area contributed by atoms with Crippen LogP contribution in [0.1, 0.15) is 15.9 Å². The van der Waals surface area contributed by atoms with Gasteiger partial charge in [-0.1, -0.05) is 12.1 Å². The number of para-hydroxylation sites is 1. The number of ketones is 1. The van der Waals surface area contributed by atoms with E-state index in [9.17, 15) is 9.59 Å². The Morgan fingerprint density at radius 3 is 2.82 bits per heavy atom. The molecule has 2 aliphatic heterocycles. The number of amides is 1. The summed E-state index contributed by atoms with van der Waals surface area (Å²) in [6.45, 7) is 0.521. The van der Waals surface area contributed by atoms with Crippen LogP contribution in [0.2, 0.25) is 0 Å². The molecule has 2 aromatic rings. The predicted molar refractivity (Wildman–Crippen MR) is 65.3 cm³/mol. The monoisotopic (exact) mass is 241 g/mol. The van der Waals surface area contributed by atoms with Crippen molar-refractivity contribution in [1.29, 1.82) is 0 Å². The van der Waals surface area contributed by atoms with E-state index in [2.05, 4.69) is 0 Å². The van der Waals surface area contributed by atoms with E-state index in [0.29, 0.717) is 12.1 Å². The number of hydrogen-bond donors (Lipinski definition) is 0. The lowest BCUT2D eigenvalue weighted by molar-refractivity contribution is -0.114. The van der Waals surface area contributed by atoms with Gasteiger partial charge in [0, 0.05) is 10.4 Å². The summed E-state index contributed by atoms with van der Waals surface area (Å²) in [6.07, 6.45) is 0. The molecule has 3 heterocycles. The second-order valence-electron chi connectivity index (χ2n) is 4.20. The van der Waals surface area contributed by atoms with Crippen molar-refractivity contribution >= 4 is 28.7 Å². The maximum absolute atomic E-state index is 11.9. The van der Waals surface area contributed by atoms with Gasteiger partial charge in [-0.2, -0.15) is 0 Å². The Balaban J connectivity index is 2.12. The largest absolute Gasteiger partial charge is 0.300 e. The Hall–Kier alpha value is -1.94. The fraction of sp³-hybridized carbons (Fsp3) is 0.0769. The molecule has 0 aliphatic carbocycles. The van der Waals surface area contributed by atoms with E-state index in [4.69, 9.17) is 0 Å². The molecule has 0 radical (unpaired) electrons. The number of hydrogen-bond acceptors (Lipinski definition) is 3. The zero-order valence-corrected chi connectivity index (χ0v) is 9.58. The minimum Gasteiger partial charge on any atom is -0.300 e. The van der Waals surface area contributed by atoms with Crippen LogP contribution in [0.15, 0.2) is 29.6 Å². The van der Waals surface area contributed by atoms with Crippen LogP contribution >= 0.6 is 11.3 Å². The van der Waals surface area contributed by atoms with E-state index >= 15 is 0 Å². The molecule has 4 heteroatoms. The van der Waals surface area contributed by atoms with Gasteiger partial charge in [-0.05, 0) is 23.1 Å². The van der Waals surface area contributed by atoms with Gasteiger partial charge in [0.1, 0.15) is 0 Å². The molecule has 0 spiro atoms. The van der Waals surface area contributed by atoms with Gasteiger partial charge >= 0.3 is 0 Å². The first kappa shape index (κ1) is 9.13. The third kappa shape index (κ3) is 0.964. The average molecular weight is 241 g/mol. The summed E-state index contributed by atoms with van der Waals surface area (Å²) < 4.78 is 0. The molecule has 0 N–H and O–H groups in total. The predicted octanol–water partition coefficient (Wildman–Crippen LogP) is 2.46. The summed E-state index contributed by atoms with van der Waals surface area (Å²) in [5, 5.41) is 2.03. The molecule has 3 nitrogen and oxygen atoms in total. The standard InChI is InChI=1S/C13H7NO2S/c15-11-8-2-1-3-9-10(8)14(13(11)16)6-7-4-5-17-12(7)9/h1-5H,6H2. The van der Waals surface area contributed by atoms with Gasteiger partial charge in [0.25, 0.3) is 11.7 Å². The molecule has 0 saturated carbocycles. The molecule has 0 unspecified atom stereocenters. The normalized spacial score (nSPS) is 16.1. The molecule has 0 atom stereocenters. The highest BCUT2D eigenvalue weighted by Gasteiger charge is 2.40. The Bertz CT molecular complexity index is 686. The van der Waals surface area contributed by atoms with E-state index < -0.39 is 5.91 Å². The lowest BCUT2D eigenvalue weighted by Gasteiger charge is -2.24. The molecule has 82 valence electrons. The second-order valence-corrected chi connectivity index (χ2v) is 5.11. The van der Waals surface area contributed by atoms with Crippen molar-refractivity contribution in [3.8, 4) is 10.4 Å². The van der Waals surface area contributed by atoms with Gasteiger partial charge in [0.15, 0.2) is 0 Å². The van der Waals surface area contributed by atoms with Crippen LogP contribution in [0.3, 0.4) is 0 Å². The van der Waals surface area contributed by atoms with Crippen LogP contribution in [-0.4, -0.2) is 11.7 Å². The molecule has 1 aromatic heterocycles. The van der Waals surface area contributed by atoms with Gasteiger partial charge in [-0.3, -0.25) is 14.5 Å². The lowest BCUT2D eigenvalue weighted by atomic mass is 10.0. The van der Waals surface area contributed by atoms with E-state index in [1.807, 2.05) is 23.6 Å². The number of anilines is 1. The first-order valence-corrected chi connectivity index (χ1v) is 6.21. The SMILES string of the molecule is O=C1C(=O)N2Cc3ccsc3-c3cccc1c32. The average Bonchev–Trinajstić information content (AvgIpc) is 2.91. The van der Waals surface area contributed by atoms with Crippen LogP contribution in [0.5, 0.6) is 0 Å². The highest BCUT2D eigenvalue weighted by molar-refractivity contribution is 7.13. The number of thiophene rings is 1. The molecule has 17 heavy (non-hydrogen) atoms. The Labute approximate surface area is 101 Å². The van der Waals surface area contributed by atoms with Gasteiger partial charge in [0.05, 0.1) is 17.8 Å². The van der Waals surface area contributed by atoms with Crippen molar-refractivity contribution in [3.63, 3.8) is 0 Å². The molecular weight excluding hydrogens is 234 g/mol. The fourth-order valence-electron chi connectivity index (χ4n) is 2.56. The highest BCUT2D eigenvalue weighted by Crippen LogP contribution is 2.46. The number of carbonyl (C=O) groups is 2. The van der Waals surface area contributed by atoms with Crippen LogP contribution in [0.25, 0.3) is 10.4 Å². The minimum atomic E-state index is -0.399. The number of rotatable bonds is 0. The van der Waals surface area contributed by atoms with Crippen molar-refractivity contribution in [1.82, 2.24) is 0 Å². The van der Waals surface area contributed by atoms with E-state index in [1.54, 1.807) is 22.3 Å². The Morgan fingerprint density at radius 2 is 1.94 bits per heavy atom. The first-order chi connectivity index (χ1) is 8.27. The molecule has 1 aromatic carbocycles. The molecule has 0 fully saturated rings. The summed E-state index contributed by atoms with van der Waals surface area (Å²) in [5.41, 5.74) is 3.49. The van der Waals surface area contributed by atoms with Gasteiger partial charge < -0.3 is 0 Å². The van der Waals surface area contributed by atoms with Crippen LogP contribution in [-0.2, 0) is 11.3 Å². The smallest absolute Gasteiger partial charge is 0.299 e. The summed E-state index contributed by atoms with van der Waals surface area (Å²) in [7, 11) is 0. The van der Waals surface area contributed by atoms with Crippen molar-refractivity contribution in [2.24, 2.45) is 0 Å². The second kappa shape index (κ2) is 2.84. The van der Waals surface area contributed by atoms with Crippen molar-refractivity contribution in [2.75, 3.05) is 4.90 Å². The van der Waals surface area contributed by atoms with Crippen LogP contribution in [0.4, 0.5) is 5.69 Å². The third-order valence-electron chi connectivity index (χ3n) is 3.31. The number of benzene rings is 1. The number of carbonyl (C=O) groups excluding carboxylic acids is 2. The summed E-state index contributed by atoms with van der Waals surface area (Å²) in [5.74, 6) is -0.777. The molecule has 1 amide bonds. The quantitative estimate of drug-likeness (QED) is 0.664. The van der Waals surface area contributed by atoms with Crippen LogP contribution in [0, 0.1) is 0 Å². The summed E-state index contributed by atoms with van der Waals surface area (Å²) in [4.78, 5) is 26.5. The van der Waals surface area contributed by atoms with Gasteiger partial charge in [0.2, 0.25) is 0 Å². The van der Waals surface area contributed by atoms with Crippen LogP contribution < -0.4 is 4.90 Å². The molecule has 0 saturated heterocycles. The number of Topliss-reactive ketones (excluding diaryl/α,β-unsaturated/α-hetero) is 1. The molecule has 4 rings (SSSR count). The molecular formula is C13H7NO2S. The van der Waals surface area contributed by atoms with Crippen molar-refractivity contribution in [3.05, 3.63) is 40.8 Å². The zero-order valence-electron chi connectivity index (χ0n) is 8.77. The van der Waals surface area contributed by atoms with Gasteiger partial charge in [-0.25, -0.2) is 0 Å². The maximum Gasteiger partial charge on any atom is 0.299 e. The fourth-order valence-corrected chi connectivity index (χ4v) is 3.50.